The van der Waals surface area contributed by atoms with E-state index in [-0.39, 0.29) is 16.9 Å². The van der Waals surface area contributed by atoms with Crippen molar-refractivity contribution < 1.29 is 9.90 Å². The molecule has 1 fully saturated rings. The van der Waals surface area contributed by atoms with Crippen molar-refractivity contribution in [3.8, 4) is 5.75 Å². The summed E-state index contributed by atoms with van der Waals surface area (Å²) in [5.41, 5.74) is 3.15. The number of aromatic hydroxyl groups is 1. The fourth-order valence-corrected chi connectivity index (χ4v) is 3.20. The lowest BCUT2D eigenvalue weighted by Gasteiger charge is -2.05. The van der Waals surface area contributed by atoms with Crippen molar-refractivity contribution in [1.82, 2.24) is 5.32 Å². The highest BCUT2D eigenvalue weighted by atomic mass is 32.2. The first-order valence-electron chi connectivity index (χ1n) is 7.53. The molecule has 24 heavy (non-hydrogen) atoms. The van der Waals surface area contributed by atoms with Gasteiger partial charge in [-0.1, -0.05) is 41.6 Å². The van der Waals surface area contributed by atoms with Gasteiger partial charge in [0.15, 0.2) is 5.17 Å². The molecule has 0 aliphatic carbocycles. The van der Waals surface area contributed by atoms with Crippen LogP contribution in [0.2, 0.25) is 0 Å². The first kappa shape index (κ1) is 16.3. The van der Waals surface area contributed by atoms with Gasteiger partial charge in [-0.3, -0.25) is 4.79 Å². The van der Waals surface area contributed by atoms with Gasteiger partial charge in [-0.05, 0) is 48.7 Å². The van der Waals surface area contributed by atoms with E-state index in [0.29, 0.717) is 11.6 Å². The quantitative estimate of drug-likeness (QED) is 0.664. The van der Waals surface area contributed by atoms with Crippen molar-refractivity contribution in [2.75, 3.05) is 0 Å². The summed E-state index contributed by atoms with van der Waals surface area (Å²) in [4.78, 5) is 12.0. The van der Waals surface area contributed by atoms with Gasteiger partial charge in [-0.25, -0.2) is 0 Å². The number of nitrogens with zero attached hydrogens (tertiary/aromatic N) is 2. The van der Waals surface area contributed by atoms with Crippen LogP contribution in [0.5, 0.6) is 5.75 Å². The molecule has 0 aromatic heterocycles. The number of hydrogen-bond donors (Lipinski definition) is 2. The highest BCUT2D eigenvalue weighted by Crippen LogP contribution is 2.23. The number of carbonyl (C=O) groups is 1. The number of benzene rings is 2. The van der Waals surface area contributed by atoms with Crippen molar-refractivity contribution in [3.63, 3.8) is 0 Å². The third-order valence-electron chi connectivity index (χ3n) is 3.57. The topological polar surface area (TPSA) is 74.1 Å². The number of amidine groups is 1. The van der Waals surface area contributed by atoms with E-state index in [2.05, 4.69) is 15.5 Å². The molecule has 3 rings (SSSR count). The number of rotatable bonds is 4. The third kappa shape index (κ3) is 4.23. The van der Waals surface area contributed by atoms with Gasteiger partial charge in [0.25, 0.3) is 0 Å². The largest absolute Gasteiger partial charge is 0.508 e. The number of hydrogen-bond acceptors (Lipinski definition) is 5. The lowest BCUT2D eigenvalue weighted by molar-refractivity contribution is -0.118. The molecule has 0 saturated carbocycles. The van der Waals surface area contributed by atoms with Gasteiger partial charge in [-0.2, -0.15) is 5.10 Å². The molecule has 1 aliphatic rings. The predicted molar refractivity (Wildman–Crippen MR) is 97.5 cm³/mol. The zero-order valence-corrected chi connectivity index (χ0v) is 14.0. The maximum atomic E-state index is 12.0. The van der Waals surface area contributed by atoms with E-state index in [1.807, 2.05) is 31.2 Å². The smallest absolute Gasteiger partial charge is 0.239 e. The maximum absolute atomic E-state index is 12.0. The zero-order chi connectivity index (χ0) is 16.9. The Hall–Kier alpha value is -2.60. The first-order valence-corrected chi connectivity index (χ1v) is 8.41. The second kappa shape index (κ2) is 7.31. The summed E-state index contributed by atoms with van der Waals surface area (Å²) in [6.45, 7) is 2.04. The Balaban J connectivity index is 1.61. The number of phenolic OH excluding ortho intramolecular Hbond substituents is 1. The van der Waals surface area contributed by atoms with Crippen LogP contribution < -0.4 is 5.32 Å². The molecule has 2 aromatic rings. The van der Waals surface area contributed by atoms with E-state index in [1.54, 1.807) is 30.5 Å². The molecule has 0 radical (unpaired) electrons. The second-order valence-corrected chi connectivity index (χ2v) is 6.72. The van der Waals surface area contributed by atoms with Crippen molar-refractivity contribution in [3.05, 3.63) is 65.2 Å². The minimum absolute atomic E-state index is 0.0424. The van der Waals surface area contributed by atoms with Crippen molar-refractivity contribution >= 4 is 29.1 Å². The Morgan fingerprint density at radius 2 is 1.88 bits per heavy atom. The Kier molecular flexibility index (Phi) is 4.96. The van der Waals surface area contributed by atoms with Crippen LogP contribution in [0.15, 0.2) is 58.7 Å². The number of carbonyl (C=O) groups excluding carboxylic acids is 1. The predicted octanol–water partition coefficient (Wildman–Crippen LogP) is 2.86. The minimum Gasteiger partial charge on any atom is -0.508 e. The van der Waals surface area contributed by atoms with Crippen LogP contribution in [0.3, 0.4) is 0 Å². The Labute approximate surface area is 144 Å². The molecule has 1 saturated heterocycles. The summed E-state index contributed by atoms with van der Waals surface area (Å²) in [7, 11) is 0. The normalized spacial score (nSPS) is 19.1. The Morgan fingerprint density at radius 3 is 2.58 bits per heavy atom. The van der Waals surface area contributed by atoms with Gasteiger partial charge in [-0.15, -0.1) is 5.10 Å². The lowest BCUT2D eigenvalue weighted by Crippen LogP contribution is -2.25. The molecule has 2 aromatic carbocycles. The van der Waals surface area contributed by atoms with Crippen molar-refractivity contribution in [2.45, 2.75) is 18.6 Å². The summed E-state index contributed by atoms with van der Waals surface area (Å²) < 4.78 is 0. The number of amides is 1. The van der Waals surface area contributed by atoms with Crippen molar-refractivity contribution in [1.29, 1.82) is 0 Å². The van der Waals surface area contributed by atoms with Crippen LogP contribution in [0.1, 0.15) is 16.7 Å². The molecular formula is C18H17N3O2S. The van der Waals surface area contributed by atoms with Crippen LogP contribution in [-0.2, 0) is 11.2 Å². The van der Waals surface area contributed by atoms with E-state index in [4.69, 9.17) is 0 Å². The summed E-state index contributed by atoms with van der Waals surface area (Å²) in [5, 5.41) is 20.3. The number of phenols is 1. The zero-order valence-electron chi connectivity index (χ0n) is 13.1. The van der Waals surface area contributed by atoms with E-state index in [9.17, 15) is 9.90 Å². The molecule has 1 amide bonds. The number of thioether (sulfide) groups is 1. The van der Waals surface area contributed by atoms with Crippen LogP contribution in [-0.4, -0.2) is 27.6 Å². The van der Waals surface area contributed by atoms with E-state index in [0.717, 1.165) is 11.1 Å². The fourth-order valence-electron chi connectivity index (χ4n) is 2.23. The van der Waals surface area contributed by atoms with Crippen LogP contribution in [0.25, 0.3) is 0 Å². The molecule has 0 unspecified atom stereocenters. The van der Waals surface area contributed by atoms with Gasteiger partial charge in [0.2, 0.25) is 5.91 Å². The van der Waals surface area contributed by atoms with E-state index >= 15 is 0 Å². The average molecular weight is 339 g/mol. The molecule has 122 valence electrons. The first-order chi connectivity index (χ1) is 11.6. The molecular weight excluding hydrogens is 322 g/mol. The monoisotopic (exact) mass is 339 g/mol. The molecule has 0 spiro atoms. The second-order valence-electron chi connectivity index (χ2n) is 5.53. The molecule has 2 N–H and O–H groups in total. The molecule has 1 aliphatic heterocycles. The maximum Gasteiger partial charge on any atom is 0.239 e. The minimum atomic E-state index is -0.185. The Bertz CT molecular complexity index is 783. The fraction of sp³-hybridized carbons (Fsp3) is 0.167. The van der Waals surface area contributed by atoms with Crippen LogP contribution >= 0.6 is 11.8 Å². The third-order valence-corrected chi connectivity index (χ3v) is 4.64. The summed E-state index contributed by atoms with van der Waals surface area (Å²) in [6, 6.07) is 14.8. The number of nitrogens with one attached hydrogen (secondary N) is 1. The van der Waals surface area contributed by atoms with Crippen molar-refractivity contribution in [2.24, 2.45) is 10.2 Å². The van der Waals surface area contributed by atoms with Gasteiger partial charge >= 0.3 is 0 Å². The summed E-state index contributed by atoms with van der Waals surface area (Å²) in [5.74, 6) is 0.162. The average Bonchev–Trinajstić information content (AvgIpc) is 2.91. The molecule has 5 nitrogen and oxygen atoms in total. The standard InChI is InChI=1S/C18H17N3O2S/c1-12-2-4-13(5-3-12)10-16-17(23)20-18(24-16)21-19-11-14-6-8-15(22)9-7-14/h2-9,11,16,22H,10H2,1H3,(H,20,21,23)/b19-11+/t16-/m1/s1. The molecule has 1 atom stereocenters. The SMILES string of the molecule is Cc1ccc(C[C@H]2S/C(=N/N=C/c3ccc(O)cc3)NC2=O)cc1. The highest BCUT2D eigenvalue weighted by Gasteiger charge is 2.30. The van der Waals surface area contributed by atoms with Gasteiger partial charge in [0.1, 0.15) is 5.75 Å². The lowest BCUT2D eigenvalue weighted by atomic mass is 10.1. The molecule has 1 heterocycles. The highest BCUT2D eigenvalue weighted by molar-refractivity contribution is 8.15. The number of aryl methyl sites for hydroxylation is 1. The Morgan fingerprint density at radius 1 is 1.17 bits per heavy atom. The summed E-state index contributed by atoms with van der Waals surface area (Å²) >= 11 is 1.39. The van der Waals surface area contributed by atoms with E-state index in [1.165, 1.54) is 17.3 Å². The van der Waals surface area contributed by atoms with Gasteiger partial charge in [0.05, 0.1) is 11.5 Å². The summed E-state index contributed by atoms with van der Waals surface area (Å²) in [6.07, 6.45) is 2.24. The molecule has 6 heteroatoms. The van der Waals surface area contributed by atoms with Gasteiger partial charge in [0, 0.05) is 0 Å². The van der Waals surface area contributed by atoms with Crippen LogP contribution in [0.4, 0.5) is 0 Å². The van der Waals surface area contributed by atoms with Gasteiger partial charge < -0.3 is 10.4 Å². The van der Waals surface area contributed by atoms with Crippen LogP contribution in [0, 0.1) is 6.92 Å². The molecule has 0 bridgehead atoms. The van der Waals surface area contributed by atoms with E-state index < -0.39 is 0 Å².